The van der Waals surface area contributed by atoms with E-state index in [0.717, 1.165) is 35.8 Å². The normalized spacial score (nSPS) is 17.2. The standard InChI is InChI=1S/C14H17ClN4O2S2/c1-11-9-13(17-10-16-11)18-5-2-6-19(8-7-18)23(20,21)14-4-3-12(15)22-14/h3-4,9-10H,2,5-8H2,1H3. The molecule has 1 aliphatic heterocycles. The monoisotopic (exact) mass is 372 g/mol. The third-order valence-electron chi connectivity index (χ3n) is 3.71. The van der Waals surface area contributed by atoms with Crippen molar-refractivity contribution in [3.8, 4) is 0 Å². The number of nitrogens with zero attached hydrogens (tertiary/aromatic N) is 4. The second-order valence-corrected chi connectivity index (χ2v) is 9.20. The Morgan fingerprint density at radius 1 is 1.17 bits per heavy atom. The summed E-state index contributed by atoms with van der Waals surface area (Å²) in [7, 11) is -3.47. The van der Waals surface area contributed by atoms with Crippen LogP contribution in [0.1, 0.15) is 12.1 Å². The van der Waals surface area contributed by atoms with Crippen LogP contribution in [-0.4, -0.2) is 48.9 Å². The smallest absolute Gasteiger partial charge is 0.252 e. The van der Waals surface area contributed by atoms with Crippen LogP contribution in [0.4, 0.5) is 5.82 Å². The van der Waals surface area contributed by atoms with Crippen LogP contribution in [0.25, 0.3) is 0 Å². The van der Waals surface area contributed by atoms with Gasteiger partial charge in [0.25, 0.3) is 10.0 Å². The van der Waals surface area contributed by atoms with Gasteiger partial charge in [-0.05, 0) is 25.5 Å². The summed E-state index contributed by atoms with van der Waals surface area (Å²) in [6.45, 7) is 4.22. The minimum atomic E-state index is -3.47. The number of thiophene rings is 1. The van der Waals surface area contributed by atoms with Crippen LogP contribution in [0.5, 0.6) is 0 Å². The Balaban J connectivity index is 1.76. The summed E-state index contributed by atoms with van der Waals surface area (Å²) in [6.07, 6.45) is 2.29. The summed E-state index contributed by atoms with van der Waals surface area (Å²) in [4.78, 5) is 10.5. The molecule has 2 aromatic heterocycles. The molecule has 0 spiro atoms. The largest absolute Gasteiger partial charge is 0.355 e. The number of rotatable bonds is 3. The Hall–Kier alpha value is -1.22. The molecule has 0 aliphatic carbocycles. The zero-order valence-electron chi connectivity index (χ0n) is 12.6. The highest BCUT2D eigenvalue weighted by atomic mass is 35.5. The number of anilines is 1. The summed E-state index contributed by atoms with van der Waals surface area (Å²) >= 11 is 6.96. The first-order valence-electron chi connectivity index (χ1n) is 7.26. The number of hydrogen-bond acceptors (Lipinski definition) is 6. The van der Waals surface area contributed by atoms with E-state index in [0.29, 0.717) is 28.2 Å². The van der Waals surface area contributed by atoms with Crippen molar-refractivity contribution in [2.24, 2.45) is 0 Å². The van der Waals surface area contributed by atoms with E-state index in [9.17, 15) is 8.42 Å². The van der Waals surface area contributed by atoms with Gasteiger partial charge in [-0.1, -0.05) is 11.6 Å². The fourth-order valence-corrected chi connectivity index (χ4v) is 5.65. The number of sulfonamides is 1. The molecule has 1 aliphatic rings. The van der Waals surface area contributed by atoms with Crippen LogP contribution in [0.15, 0.2) is 28.7 Å². The molecule has 1 fully saturated rings. The molecule has 0 aromatic carbocycles. The van der Waals surface area contributed by atoms with Gasteiger partial charge in [-0.3, -0.25) is 0 Å². The summed E-state index contributed by atoms with van der Waals surface area (Å²) in [5.41, 5.74) is 0.900. The topological polar surface area (TPSA) is 66.4 Å². The third-order valence-corrected chi connectivity index (χ3v) is 7.31. The molecule has 9 heteroatoms. The predicted molar refractivity (Wildman–Crippen MR) is 91.7 cm³/mol. The first-order chi connectivity index (χ1) is 11.0. The minimum Gasteiger partial charge on any atom is -0.355 e. The van der Waals surface area contributed by atoms with Gasteiger partial charge in [0.15, 0.2) is 0 Å². The summed E-state index contributed by atoms with van der Waals surface area (Å²) in [5.74, 6) is 0.843. The van der Waals surface area contributed by atoms with Gasteiger partial charge >= 0.3 is 0 Å². The molecule has 0 amide bonds. The fraction of sp³-hybridized carbons (Fsp3) is 0.429. The third kappa shape index (κ3) is 3.65. The summed E-state index contributed by atoms with van der Waals surface area (Å²) in [5, 5.41) is 0. The summed E-state index contributed by atoms with van der Waals surface area (Å²) < 4.78 is 27.7. The molecule has 1 saturated heterocycles. The average Bonchev–Trinajstić information content (AvgIpc) is 2.81. The first kappa shape index (κ1) is 16.6. The molecule has 6 nitrogen and oxygen atoms in total. The number of hydrogen-bond donors (Lipinski definition) is 0. The van der Waals surface area contributed by atoms with Crippen LogP contribution in [-0.2, 0) is 10.0 Å². The molecule has 23 heavy (non-hydrogen) atoms. The SMILES string of the molecule is Cc1cc(N2CCCN(S(=O)(=O)c3ccc(Cl)s3)CC2)ncn1. The summed E-state index contributed by atoms with van der Waals surface area (Å²) in [6, 6.07) is 5.11. The van der Waals surface area contributed by atoms with Crippen molar-refractivity contribution in [2.75, 3.05) is 31.1 Å². The van der Waals surface area contributed by atoms with E-state index in [2.05, 4.69) is 14.9 Å². The fourth-order valence-electron chi connectivity index (χ4n) is 2.54. The number of halogens is 1. The van der Waals surface area contributed by atoms with Crippen molar-refractivity contribution in [3.05, 3.63) is 34.6 Å². The van der Waals surface area contributed by atoms with Crippen molar-refractivity contribution in [1.82, 2.24) is 14.3 Å². The number of aryl methyl sites for hydroxylation is 1. The van der Waals surface area contributed by atoms with E-state index in [4.69, 9.17) is 11.6 Å². The second kappa shape index (κ2) is 6.72. The van der Waals surface area contributed by atoms with Gasteiger partial charge in [-0.15, -0.1) is 11.3 Å². The van der Waals surface area contributed by atoms with Crippen LogP contribution >= 0.6 is 22.9 Å². The Morgan fingerprint density at radius 2 is 2.00 bits per heavy atom. The minimum absolute atomic E-state index is 0.300. The molecule has 0 saturated carbocycles. The lowest BCUT2D eigenvalue weighted by atomic mass is 10.3. The van der Waals surface area contributed by atoms with Crippen LogP contribution in [0.3, 0.4) is 0 Å². The molecule has 0 bridgehead atoms. The van der Waals surface area contributed by atoms with Crippen molar-refractivity contribution < 1.29 is 8.42 Å². The van der Waals surface area contributed by atoms with Gasteiger partial charge in [0.1, 0.15) is 16.4 Å². The van der Waals surface area contributed by atoms with Gasteiger partial charge in [-0.25, -0.2) is 18.4 Å². The Kier molecular flexibility index (Phi) is 4.86. The highest BCUT2D eigenvalue weighted by molar-refractivity contribution is 7.91. The van der Waals surface area contributed by atoms with Crippen molar-refractivity contribution in [2.45, 2.75) is 17.6 Å². The van der Waals surface area contributed by atoms with E-state index < -0.39 is 10.0 Å². The van der Waals surface area contributed by atoms with Gasteiger partial charge in [0.2, 0.25) is 0 Å². The first-order valence-corrected chi connectivity index (χ1v) is 9.89. The van der Waals surface area contributed by atoms with Crippen molar-refractivity contribution in [3.63, 3.8) is 0 Å². The zero-order chi connectivity index (χ0) is 16.4. The van der Waals surface area contributed by atoms with E-state index in [-0.39, 0.29) is 0 Å². The van der Waals surface area contributed by atoms with Gasteiger partial charge in [0.05, 0.1) is 4.34 Å². The lowest BCUT2D eigenvalue weighted by Gasteiger charge is -2.22. The van der Waals surface area contributed by atoms with Crippen molar-refractivity contribution >= 4 is 38.8 Å². The van der Waals surface area contributed by atoms with Crippen LogP contribution < -0.4 is 4.90 Å². The Morgan fingerprint density at radius 3 is 2.70 bits per heavy atom. The molecule has 3 heterocycles. The maximum Gasteiger partial charge on any atom is 0.252 e. The average molecular weight is 373 g/mol. The Bertz CT molecular complexity index is 794. The van der Waals surface area contributed by atoms with Crippen LogP contribution in [0.2, 0.25) is 4.34 Å². The lowest BCUT2D eigenvalue weighted by Crippen LogP contribution is -2.35. The zero-order valence-corrected chi connectivity index (χ0v) is 15.0. The highest BCUT2D eigenvalue weighted by Crippen LogP contribution is 2.28. The maximum atomic E-state index is 12.7. The van der Waals surface area contributed by atoms with Gasteiger partial charge in [-0.2, -0.15) is 4.31 Å². The maximum absolute atomic E-state index is 12.7. The predicted octanol–water partition coefficient (Wildman–Crippen LogP) is 2.40. The molecular weight excluding hydrogens is 356 g/mol. The second-order valence-electron chi connectivity index (χ2n) is 5.32. The van der Waals surface area contributed by atoms with E-state index in [1.165, 1.54) is 10.6 Å². The molecule has 0 atom stereocenters. The van der Waals surface area contributed by atoms with E-state index >= 15 is 0 Å². The molecular formula is C14H17ClN4O2S2. The van der Waals surface area contributed by atoms with Gasteiger partial charge in [0, 0.05) is 37.9 Å². The molecule has 124 valence electrons. The molecule has 0 N–H and O–H groups in total. The molecule has 3 rings (SSSR count). The van der Waals surface area contributed by atoms with E-state index in [1.807, 2.05) is 13.0 Å². The quantitative estimate of drug-likeness (QED) is 0.827. The molecule has 2 aromatic rings. The van der Waals surface area contributed by atoms with E-state index in [1.54, 1.807) is 12.1 Å². The molecule has 0 radical (unpaired) electrons. The van der Waals surface area contributed by atoms with Gasteiger partial charge < -0.3 is 4.90 Å². The number of aromatic nitrogens is 2. The Labute approximate surface area is 144 Å². The van der Waals surface area contributed by atoms with Crippen molar-refractivity contribution in [1.29, 1.82) is 0 Å². The molecule has 0 unspecified atom stereocenters. The van der Waals surface area contributed by atoms with Crippen LogP contribution in [0, 0.1) is 6.92 Å². The highest BCUT2D eigenvalue weighted by Gasteiger charge is 2.28. The lowest BCUT2D eigenvalue weighted by molar-refractivity contribution is 0.434.